The molecule has 0 bridgehead atoms. The molecule has 0 unspecified atom stereocenters. The molecule has 0 spiro atoms. The standard InChI is InChI=1S/C15H30Cl2OS/c1-2-3-4-5-6-7-8-9-10-11-12-19(18)14-15(17)13-16/h15H,2-14H2,1H3/t15-,19+/m0/s1. The highest BCUT2D eigenvalue weighted by molar-refractivity contribution is 7.85. The van der Waals surface area contributed by atoms with Crippen molar-refractivity contribution in [2.24, 2.45) is 0 Å². The zero-order valence-corrected chi connectivity index (χ0v) is 14.7. The van der Waals surface area contributed by atoms with Gasteiger partial charge in [-0.25, -0.2) is 0 Å². The molecule has 0 saturated heterocycles. The normalized spacial score (nSPS) is 14.5. The van der Waals surface area contributed by atoms with Crippen molar-refractivity contribution in [1.82, 2.24) is 0 Å². The molecular formula is C15H30Cl2OS. The van der Waals surface area contributed by atoms with Crippen LogP contribution in [0.15, 0.2) is 0 Å². The van der Waals surface area contributed by atoms with E-state index in [9.17, 15) is 4.21 Å². The van der Waals surface area contributed by atoms with E-state index in [1.54, 1.807) is 0 Å². The molecule has 116 valence electrons. The van der Waals surface area contributed by atoms with Crippen LogP contribution in [0.1, 0.15) is 71.1 Å². The van der Waals surface area contributed by atoms with Gasteiger partial charge < -0.3 is 0 Å². The van der Waals surface area contributed by atoms with Gasteiger partial charge in [-0.15, -0.1) is 23.2 Å². The average Bonchev–Trinajstić information content (AvgIpc) is 2.40. The molecule has 0 fully saturated rings. The van der Waals surface area contributed by atoms with Crippen LogP contribution in [0.3, 0.4) is 0 Å². The predicted octanol–water partition coefficient (Wildman–Crippen LogP) is 5.50. The van der Waals surface area contributed by atoms with Crippen LogP contribution >= 0.6 is 23.2 Å². The lowest BCUT2D eigenvalue weighted by molar-refractivity contribution is 0.562. The number of unbranched alkanes of at least 4 members (excludes halogenated alkanes) is 9. The summed E-state index contributed by atoms with van der Waals surface area (Å²) in [6.45, 7) is 2.25. The molecule has 0 aromatic rings. The second-order valence-electron chi connectivity index (χ2n) is 5.24. The van der Waals surface area contributed by atoms with E-state index in [-0.39, 0.29) is 5.38 Å². The third-order valence-electron chi connectivity index (χ3n) is 3.26. The quantitative estimate of drug-likeness (QED) is 0.304. The van der Waals surface area contributed by atoms with Crippen LogP contribution in [0.2, 0.25) is 0 Å². The monoisotopic (exact) mass is 328 g/mol. The third-order valence-corrected chi connectivity index (χ3v) is 5.80. The third kappa shape index (κ3) is 14.9. The van der Waals surface area contributed by atoms with Crippen LogP contribution in [0, 0.1) is 0 Å². The van der Waals surface area contributed by atoms with Crippen LogP contribution < -0.4 is 0 Å². The smallest absolute Gasteiger partial charge is 0.0586 e. The molecule has 0 radical (unpaired) electrons. The molecule has 0 aliphatic heterocycles. The molecule has 0 N–H and O–H groups in total. The Hall–Kier alpha value is 0.730. The first-order chi connectivity index (χ1) is 9.20. The van der Waals surface area contributed by atoms with E-state index >= 15 is 0 Å². The number of hydrogen-bond donors (Lipinski definition) is 0. The maximum absolute atomic E-state index is 11.6. The summed E-state index contributed by atoms with van der Waals surface area (Å²) in [6.07, 6.45) is 13.1. The fourth-order valence-electron chi connectivity index (χ4n) is 2.08. The van der Waals surface area contributed by atoms with Crippen LogP contribution in [0.25, 0.3) is 0 Å². The summed E-state index contributed by atoms with van der Waals surface area (Å²) < 4.78 is 11.6. The summed E-state index contributed by atoms with van der Waals surface area (Å²) in [6, 6.07) is 0. The summed E-state index contributed by atoms with van der Waals surface area (Å²) in [4.78, 5) is 0. The maximum atomic E-state index is 11.6. The second-order valence-corrected chi connectivity index (χ2v) is 7.79. The molecule has 0 aromatic carbocycles. The molecular weight excluding hydrogens is 299 g/mol. The Bertz CT molecular complexity index is 212. The Kier molecular flexibility index (Phi) is 15.7. The summed E-state index contributed by atoms with van der Waals surface area (Å²) in [5, 5.41) is -0.134. The SMILES string of the molecule is CCCCCCCCCCCC[S@@](=O)C[C@@H](Cl)CCl. The lowest BCUT2D eigenvalue weighted by atomic mass is 10.1. The Labute approximate surface area is 132 Å². The fraction of sp³-hybridized carbons (Fsp3) is 1.00. The van der Waals surface area contributed by atoms with Crippen molar-refractivity contribution in [1.29, 1.82) is 0 Å². The molecule has 19 heavy (non-hydrogen) atoms. The van der Waals surface area contributed by atoms with Gasteiger partial charge in [0.25, 0.3) is 0 Å². The molecule has 0 saturated carbocycles. The lowest BCUT2D eigenvalue weighted by Gasteiger charge is -2.05. The minimum atomic E-state index is -0.779. The molecule has 0 heterocycles. The summed E-state index contributed by atoms with van der Waals surface area (Å²) in [7, 11) is -0.779. The highest BCUT2D eigenvalue weighted by Crippen LogP contribution is 2.11. The minimum absolute atomic E-state index is 0.134. The molecule has 2 atom stereocenters. The van der Waals surface area contributed by atoms with Gasteiger partial charge >= 0.3 is 0 Å². The zero-order valence-electron chi connectivity index (χ0n) is 12.3. The first-order valence-electron chi connectivity index (χ1n) is 7.75. The van der Waals surface area contributed by atoms with Gasteiger partial charge in [0.2, 0.25) is 0 Å². The van der Waals surface area contributed by atoms with Gasteiger partial charge in [-0.3, -0.25) is 4.21 Å². The van der Waals surface area contributed by atoms with Crippen molar-refractivity contribution in [3.63, 3.8) is 0 Å². The number of halogens is 2. The van der Waals surface area contributed by atoms with E-state index < -0.39 is 10.8 Å². The van der Waals surface area contributed by atoms with E-state index in [1.807, 2.05) is 0 Å². The molecule has 1 nitrogen and oxygen atoms in total. The summed E-state index contributed by atoms with van der Waals surface area (Å²) >= 11 is 11.5. The molecule has 0 amide bonds. The van der Waals surface area contributed by atoms with Crippen LogP contribution in [-0.4, -0.2) is 27.0 Å². The fourth-order valence-corrected chi connectivity index (χ4v) is 3.95. The van der Waals surface area contributed by atoms with Crippen LogP contribution in [0.4, 0.5) is 0 Å². The zero-order chi connectivity index (χ0) is 14.3. The molecule has 0 rings (SSSR count). The Morgan fingerprint density at radius 3 is 1.84 bits per heavy atom. The highest BCUT2D eigenvalue weighted by atomic mass is 35.5. The van der Waals surface area contributed by atoms with Crippen molar-refractivity contribution < 1.29 is 4.21 Å². The van der Waals surface area contributed by atoms with Gasteiger partial charge in [0.15, 0.2) is 0 Å². The number of alkyl halides is 2. The van der Waals surface area contributed by atoms with Gasteiger partial charge in [0.05, 0.1) is 5.38 Å². The van der Waals surface area contributed by atoms with Crippen molar-refractivity contribution in [3.05, 3.63) is 0 Å². The topological polar surface area (TPSA) is 17.1 Å². The van der Waals surface area contributed by atoms with E-state index in [0.29, 0.717) is 11.6 Å². The Morgan fingerprint density at radius 1 is 0.895 bits per heavy atom. The first kappa shape index (κ1) is 19.7. The molecule has 0 aliphatic rings. The van der Waals surface area contributed by atoms with E-state index in [2.05, 4.69) is 6.92 Å². The Morgan fingerprint density at radius 2 is 1.37 bits per heavy atom. The van der Waals surface area contributed by atoms with Gasteiger partial charge in [-0.05, 0) is 6.42 Å². The van der Waals surface area contributed by atoms with E-state index in [1.165, 1.54) is 57.8 Å². The second kappa shape index (κ2) is 15.1. The lowest BCUT2D eigenvalue weighted by Crippen LogP contribution is -2.14. The van der Waals surface area contributed by atoms with Crippen LogP contribution in [-0.2, 0) is 10.8 Å². The first-order valence-corrected chi connectivity index (χ1v) is 10.2. The number of hydrogen-bond acceptors (Lipinski definition) is 1. The van der Waals surface area contributed by atoms with E-state index in [4.69, 9.17) is 23.2 Å². The van der Waals surface area contributed by atoms with Crippen molar-refractivity contribution in [2.75, 3.05) is 17.4 Å². The molecule has 0 aromatic heterocycles. The molecule has 0 aliphatic carbocycles. The summed E-state index contributed by atoms with van der Waals surface area (Å²) in [5.41, 5.74) is 0. The van der Waals surface area contributed by atoms with Crippen LogP contribution in [0.5, 0.6) is 0 Å². The largest absolute Gasteiger partial charge is 0.260 e. The van der Waals surface area contributed by atoms with Crippen molar-refractivity contribution in [3.8, 4) is 0 Å². The van der Waals surface area contributed by atoms with Crippen molar-refractivity contribution >= 4 is 34.0 Å². The Balaban J connectivity index is 3.16. The van der Waals surface area contributed by atoms with Gasteiger partial charge in [0.1, 0.15) is 0 Å². The molecule has 4 heteroatoms. The summed E-state index contributed by atoms with van der Waals surface area (Å²) in [5.74, 6) is 1.73. The van der Waals surface area contributed by atoms with Gasteiger partial charge in [0, 0.05) is 28.2 Å². The minimum Gasteiger partial charge on any atom is -0.260 e. The van der Waals surface area contributed by atoms with Gasteiger partial charge in [-0.1, -0.05) is 64.7 Å². The number of rotatable bonds is 14. The average molecular weight is 329 g/mol. The predicted molar refractivity (Wildman–Crippen MR) is 90.1 cm³/mol. The maximum Gasteiger partial charge on any atom is 0.0586 e. The van der Waals surface area contributed by atoms with Gasteiger partial charge in [-0.2, -0.15) is 0 Å². The highest BCUT2D eigenvalue weighted by Gasteiger charge is 2.07. The van der Waals surface area contributed by atoms with E-state index in [0.717, 1.165) is 12.2 Å². The van der Waals surface area contributed by atoms with Crippen molar-refractivity contribution in [2.45, 2.75) is 76.5 Å².